The van der Waals surface area contributed by atoms with E-state index in [-0.39, 0.29) is 6.03 Å². The molecule has 2 bridgehead atoms. The molecule has 2 amide bonds. The predicted octanol–water partition coefficient (Wildman–Crippen LogP) is 4.00. The van der Waals surface area contributed by atoms with E-state index in [9.17, 15) is 4.79 Å². The van der Waals surface area contributed by atoms with Gasteiger partial charge in [-0.2, -0.15) is 0 Å². The van der Waals surface area contributed by atoms with Gasteiger partial charge in [-0.05, 0) is 50.5 Å². The third kappa shape index (κ3) is 2.53. The first-order valence-electron chi connectivity index (χ1n) is 8.61. The summed E-state index contributed by atoms with van der Waals surface area (Å²) < 4.78 is 0. The monoisotopic (exact) mass is 296 g/mol. The summed E-state index contributed by atoms with van der Waals surface area (Å²) in [5.41, 5.74) is 4.56. The van der Waals surface area contributed by atoms with Gasteiger partial charge in [-0.25, -0.2) is 4.79 Å². The highest BCUT2D eigenvalue weighted by molar-refractivity contribution is 5.75. The SMILES string of the molecule is O=C(NCc1ccccc1)N1C2CCC1CC(=C1CCC1)C2. The molecule has 2 atom stereocenters. The summed E-state index contributed by atoms with van der Waals surface area (Å²) in [4.78, 5) is 14.7. The smallest absolute Gasteiger partial charge is 0.318 e. The number of benzene rings is 1. The number of allylic oxidation sites excluding steroid dienone is 1. The number of carbonyl (C=O) groups is 1. The van der Waals surface area contributed by atoms with Crippen LogP contribution in [0.2, 0.25) is 0 Å². The van der Waals surface area contributed by atoms with Crippen molar-refractivity contribution in [3.63, 3.8) is 0 Å². The fraction of sp³-hybridized carbons (Fsp3) is 0.526. The molecule has 3 heteroatoms. The number of piperidine rings is 1. The lowest BCUT2D eigenvalue weighted by Crippen LogP contribution is -2.49. The van der Waals surface area contributed by atoms with Crippen LogP contribution in [0.4, 0.5) is 4.79 Å². The molecule has 116 valence electrons. The van der Waals surface area contributed by atoms with Crippen molar-refractivity contribution in [2.75, 3.05) is 0 Å². The molecule has 4 rings (SSSR count). The van der Waals surface area contributed by atoms with E-state index in [1.807, 2.05) is 18.2 Å². The molecule has 2 unspecified atom stereocenters. The van der Waals surface area contributed by atoms with E-state index < -0.39 is 0 Å². The molecule has 1 N–H and O–H groups in total. The molecule has 2 aliphatic heterocycles. The standard InChI is InChI=1S/C19H24N2O/c22-19(20-13-14-5-2-1-3-6-14)21-17-9-10-18(21)12-16(11-17)15-7-4-8-15/h1-3,5-6,17-18H,4,7-13H2,(H,20,22). The lowest BCUT2D eigenvalue weighted by Gasteiger charge is -2.38. The second kappa shape index (κ2) is 5.79. The first-order valence-corrected chi connectivity index (χ1v) is 8.61. The molecule has 0 radical (unpaired) electrons. The maximum absolute atomic E-state index is 12.6. The fourth-order valence-electron chi connectivity index (χ4n) is 4.21. The minimum absolute atomic E-state index is 0.133. The molecule has 2 heterocycles. The van der Waals surface area contributed by atoms with Crippen molar-refractivity contribution < 1.29 is 4.79 Å². The van der Waals surface area contributed by atoms with Crippen LogP contribution >= 0.6 is 0 Å². The molecule has 1 aromatic rings. The Balaban J connectivity index is 1.40. The number of urea groups is 1. The molecule has 0 spiro atoms. The van der Waals surface area contributed by atoms with E-state index in [0.29, 0.717) is 18.6 Å². The van der Waals surface area contributed by atoms with Crippen molar-refractivity contribution in [3.8, 4) is 0 Å². The van der Waals surface area contributed by atoms with Gasteiger partial charge in [0.2, 0.25) is 0 Å². The Morgan fingerprint density at radius 1 is 1.05 bits per heavy atom. The van der Waals surface area contributed by atoms with Crippen LogP contribution in [0, 0.1) is 0 Å². The Kier molecular flexibility index (Phi) is 3.65. The number of hydrogen-bond donors (Lipinski definition) is 1. The van der Waals surface area contributed by atoms with Gasteiger partial charge in [-0.1, -0.05) is 41.5 Å². The van der Waals surface area contributed by atoms with E-state index in [1.54, 1.807) is 11.1 Å². The molecule has 3 fully saturated rings. The number of nitrogens with zero attached hydrogens (tertiary/aromatic N) is 1. The third-order valence-corrected chi connectivity index (χ3v) is 5.56. The second-order valence-electron chi connectivity index (χ2n) is 6.91. The largest absolute Gasteiger partial charge is 0.334 e. The summed E-state index contributed by atoms with van der Waals surface area (Å²) in [6.07, 6.45) is 8.62. The number of hydrogen-bond acceptors (Lipinski definition) is 1. The summed E-state index contributed by atoms with van der Waals surface area (Å²) in [6, 6.07) is 11.2. The van der Waals surface area contributed by atoms with Gasteiger partial charge < -0.3 is 10.2 Å². The first kappa shape index (κ1) is 13.9. The highest BCUT2D eigenvalue weighted by Gasteiger charge is 2.42. The van der Waals surface area contributed by atoms with Crippen molar-refractivity contribution in [1.29, 1.82) is 0 Å². The zero-order chi connectivity index (χ0) is 14.9. The van der Waals surface area contributed by atoms with Gasteiger partial charge >= 0.3 is 6.03 Å². The lowest BCUT2D eigenvalue weighted by molar-refractivity contribution is 0.159. The van der Waals surface area contributed by atoms with E-state index in [4.69, 9.17) is 0 Å². The van der Waals surface area contributed by atoms with E-state index >= 15 is 0 Å². The van der Waals surface area contributed by atoms with Crippen molar-refractivity contribution in [1.82, 2.24) is 10.2 Å². The third-order valence-electron chi connectivity index (χ3n) is 5.56. The molecule has 22 heavy (non-hydrogen) atoms. The molecule has 3 aliphatic rings. The maximum atomic E-state index is 12.6. The molecular weight excluding hydrogens is 272 g/mol. The van der Waals surface area contributed by atoms with E-state index in [0.717, 1.165) is 18.4 Å². The molecule has 3 nitrogen and oxygen atoms in total. The van der Waals surface area contributed by atoms with E-state index in [2.05, 4.69) is 22.3 Å². The predicted molar refractivity (Wildman–Crippen MR) is 87.4 cm³/mol. The highest BCUT2D eigenvalue weighted by Crippen LogP contribution is 2.43. The van der Waals surface area contributed by atoms with Crippen LogP contribution in [-0.4, -0.2) is 23.0 Å². The van der Waals surface area contributed by atoms with Crippen LogP contribution in [0.15, 0.2) is 41.5 Å². The van der Waals surface area contributed by atoms with Gasteiger partial charge in [-0.3, -0.25) is 0 Å². The summed E-state index contributed by atoms with van der Waals surface area (Å²) in [5.74, 6) is 0. The Labute approximate surface area is 132 Å². The minimum Gasteiger partial charge on any atom is -0.334 e. The van der Waals surface area contributed by atoms with Crippen LogP contribution in [0.5, 0.6) is 0 Å². The van der Waals surface area contributed by atoms with Crippen LogP contribution in [-0.2, 0) is 6.54 Å². The van der Waals surface area contributed by atoms with Crippen LogP contribution in [0.1, 0.15) is 50.5 Å². The summed E-state index contributed by atoms with van der Waals surface area (Å²) in [7, 11) is 0. The summed E-state index contributed by atoms with van der Waals surface area (Å²) >= 11 is 0. The van der Waals surface area contributed by atoms with Gasteiger partial charge in [0.15, 0.2) is 0 Å². The number of rotatable bonds is 2. The maximum Gasteiger partial charge on any atom is 0.318 e. The summed E-state index contributed by atoms with van der Waals surface area (Å²) in [5, 5.41) is 3.11. The average molecular weight is 296 g/mol. The Morgan fingerprint density at radius 2 is 1.73 bits per heavy atom. The van der Waals surface area contributed by atoms with E-state index in [1.165, 1.54) is 32.1 Å². The van der Waals surface area contributed by atoms with Crippen molar-refractivity contribution in [2.24, 2.45) is 0 Å². The van der Waals surface area contributed by atoms with Gasteiger partial charge in [-0.15, -0.1) is 0 Å². The number of nitrogens with one attached hydrogen (secondary N) is 1. The molecular formula is C19H24N2O. The minimum atomic E-state index is 0.133. The normalized spacial score (nSPS) is 26.8. The molecule has 1 saturated carbocycles. The van der Waals surface area contributed by atoms with Crippen molar-refractivity contribution in [2.45, 2.75) is 63.6 Å². The first-order chi connectivity index (χ1) is 10.8. The van der Waals surface area contributed by atoms with Crippen molar-refractivity contribution in [3.05, 3.63) is 47.0 Å². The van der Waals surface area contributed by atoms with Crippen molar-refractivity contribution >= 4 is 6.03 Å². The molecule has 0 aromatic heterocycles. The fourth-order valence-corrected chi connectivity index (χ4v) is 4.21. The quantitative estimate of drug-likeness (QED) is 0.822. The van der Waals surface area contributed by atoms with Gasteiger partial charge in [0.05, 0.1) is 0 Å². The average Bonchev–Trinajstić information content (AvgIpc) is 2.75. The van der Waals surface area contributed by atoms with Gasteiger partial charge in [0.25, 0.3) is 0 Å². The Hall–Kier alpha value is -1.77. The molecule has 2 saturated heterocycles. The topological polar surface area (TPSA) is 32.3 Å². The Morgan fingerprint density at radius 3 is 2.32 bits per heavy atom. The number of fused-ring (bicyclic) bond motifs is 2. The highest BCUT2D eigenvalue weighted by atomic mass is 16.2. The molecule has 1 aliphatic carbocycles. The Bertz CT molecular complexity index is 571. The van der Waals surface area contributed by atoms with Gasteiger partial charge in [0.1, 0.15) is 0 Å². The second-order valence-corrected chi connectivity index (χ2v) is 6.91. The zero-order valence-electron chi connectivity index (χ0n) is 13.1. The number of amides is 2. The summed E-state index contributed by atoms with van der Waals surface area (Å²) in [6.45, 7) is 0.629. The lowest BCUT2D eigenvalue weighted by atomic mass is 9.82. The van der Waals surface area contributed by atoms with Crippen LogP contribution in [0.3, 0.4) is 0 Å². The van der Waals surface area contributed by atoms with Crippen LogP contribution < -0.4 is 5.32 Å². The van der Waals surface area contributed by atoms with Gasteiger partial charge in [0, 0.05) is 18.6 Å². The van der Waals surface area contributed by atoms with Crippen LogP contribution in [0.25, 0.3) is 0 Å². The molecule has 1 aromatic carbocycles. The zero-order valence-corrected chi connectivity index (χ0v) is 13.1. The number of carbonyl (C=O) groups excluding carboxylic acids is 1.